The van der Waals surface area contributed by atoms with Crippen molar-refractivity contribution in [3.05, 3.63) is 33.8 Å². The monoisotopic (exact) mass is 285 g/mol. The Labute approximate surface area is 115 Å². The molecule has 0 aliphatic heterocycles. The third-order valence-corrected chi connectivity index (χ3v) is 3.14. The van der Waals surface area contributed by atoms with Crippen LogP contribution < -0.4 is 5.32 Å². The first-order chi connectivity index (χ1) is 8.70. The third kappa shape index (κ3) is 3.11. The molecule has 0 unspecified atom stereocenters. The molecule has 0 radical (unpaired) electrons. The van der Waals surface area contributed by atoms with Gasteiger partial charge < -0.3 is 5.32 Å². The second-order valence-corrected chi connectivity index (χ2v) is 4.64. The minimum atomic E-state index is 0.545. The van der Waals surface area contributed by atoms with Gasteiger partial charge in [-0.05, 0) is 34.5 Å². The van der Waals surface area contributed by atoms with Gasteiger partial charge >= 0.3 is 0 Å². The van der Waals surface area contributed by atoms with Gasteiger partial charge in [-0.2, -0.15) is 0 Å². The lowest BCUT2D eigenvalue weighted by atomic mass is 10.2. The molecular formula is C11H13Cl2N5. The van der Waals surface area contributed by atoms with Gasteiger partial charge in [0.05, 0.1) is 10.0 Å². The molecule has 1 aromatic carbocycles. The minimum absolute atomic E-state index is 0.545. The first-order valence-electron chi connectivity index (χ1n) is 5.64. The van der Waals surface area contributed by atoms with E-state index in [4.69, 9.17) is 23.2 Å². The van der Waals surface area contributed by atoms with E-state index in [-0.39, 0.29) is 0 Å². The predicted molar refractivity (Wildman–Crippen MR) is 71.9 cm³/mol. The van der Waals surface area contributed by atoms with Crippen LogP contribution in [-0.4, -0.2) is 20.2 Å². The molecule has 2 aromatic rings. The third-order valence-electron chi connectivity index (χ3n) is 2.40. The second kappa shape index (κ2) is 6.02. The Kier molecular flexibility index (Phi) is 4.38. The Morgan fingerprint density at radius 1 is 1.28 bits per heavy atom. The van der Waals surface area contributed by atoms with Crippen LogP contribution in [0, 0.1) is 0 Å². The topological polar surface area (TPSA) is 55.6 Å². The molecule has 0 spiro atoms. The summed E-state index contributed by atoms with van der Waals surface area (Å²) in [5.74, 6) is 0.655. The standard InChI is InChI=1S/C11H13Cl2N5/c1-2-5-18-11(15-16-17-18)14-7-8-3-4-9(12)10(13)6-8/h3-4,6H,2,5,7H2,1H3,(H,14,15,17). The number of halogens is 2. The van der Waals surface area contributed by atoms with Gasteiger partial charge in [-0.25, -0.2) is 4.68 Å². The summed E-state index contributed by atoms with van der Waals surface area (Å²) in [6.07, 6.45) is 0.979. The Balaban J connectivity index is 2.02. The van der Waals surface area contributed by atoms with Crippen LogP contribution in [0.25, 0.3) is 0 Å². The van der Waals surface area contributed by atoms with Crippen molar-refractivity contribution in [2.24, 2.45) is 0 Å². The van der Waals surface area contributed by atoms with E-state index in [9.17, 15) is 0 Å². The molecule has 0 saturated heterocycles. The van der Waals surface area contributed by atoms with E-state index in [1.54, 1.807) is 10.7 Å². The fourth-order valence-electron chi connectivity index (χ4n) is 1.52. The molecule has 18 heavy (non-hydrogen) atoms. The highest BCUT2D eigenvalue weighted by atomic mass is 35.5. The normalized spacial score (nSPS) is 10.6. The van der Waals surface area contributed by atoms with Gasteiger partial charge in [0.25, 0.3) is 0 Å². The van der Waals surface area contributed by atoms with E-state index in [2.05, 4.69) is 27.8 Å². The molecule has 2 rings (SSSR count). The van der Waals surface area contributed by atoms with Crippen molar-refractivity contribution in [1.82, 2.24) is 20.2 Å². The van der Waals surface area contributed by atoms with Gasteiger partial charge in [0.2, 0.25) is 5.95 Å². The van der Waals surface area contributed by atoms with Crippen LogP contribution in [0.4, 0.5) is 5.95 Å². The van der Waals surface area contributed by atoms with Gasteiger partial charge in [-0.1, -0.05) is 41.3 Å². The zero-order valence-corrected chi connectivity index (χ0v) is 11.4. The van der Waals surface area contributed by atoms with E-state index < -0.39 is 0 Å². The number of nitrogens with one attached hydrogen (secondary N) is 1. The van der Waals surface area contributed by atoms with Gasteiger partial charge in [0, 0.05) is 13.1 Å². The summed E-state index contributed by atoms with van der Waals surface area (Å²) >= 11 is 11.8. The Bertz CT molecular complexity index is 526. The summed E-state index contributed by atoms with van der Waals surface area (Å²) in [6, 6.07) is 5.51. The Morgan fingerprint density at radius 3 is 2.83 bits per heavy atom. The summed E-state index contributed by atoms with van der Waals surface area (Å²) in [6.45, 7) is 3.46. The van der Waals surface area contributed by atoms with Crippen LogP contribution in [0.2, 0.25) is 10.0 Å². The number of nitrogens with zero attached hydrogens (tertiary/aromatic N) is 4. The molecule has 0 saturated carbocycles. The van der Waals surface area contributed by atoms with Gasteiger partial charge in [-0.15, -0.1) is 0 Å². The number of hydrogen-bond donors (Lipinski definition) is 1. The maximum absolute atomic E-state index is 5.95. The fraction of sp³-hybridized carbons (Fsp3) is 0.364. The zero-order chi connectivity index (χ0) is 13.0. The molecule has 0 bridgehead atoms. The highest BCUT2D eigenvalue weighted by Crippen LogP contribution is 2.22. The first-order valence-corrected chi connectivity index (χ1v) is 6.40. The molecule has 0 amide bonds. The molecule has 1 N–H and O–H groups in total. The van der Waals surface area contributed by atoms with Gasteiger partial charge in [0.1, 0.15) is 0 Å². The zero-order valence-electron chi connectivity index (χ0n) is 9.90. The van der Waals surface area contributed by atoms with Crippen molar-refractivity contribution in [3.8, 4) is 0 Å². The number of tetrazole rings is 1. The number of hydrogen-bond acceptors (Lipinski definition) is 4. The molecular weight excluding hydrogens is 273 g/mol. The van der Waals surface area contributed by atoms with Gasteiger partial charge in [-0.3, -0.25) is 0 Å². The van der Waals surface area contributed by atoms with Crippen molar-refractivity contribution >= 4 is 29.2 Å². The molecule has 0 aliphatic rings. The van der Waals surface area contributed by atoms with Crippen molar-refractivity contribution in [2.45, 2.75) is 26.4 Å². The van der Waals surface area contributed by atoms with Crippen LogP contribution in [0.3, 0.4) is 0 Å². The van der Waals surface area contributed by atoms with Crippen LogP contribution in [0.1, 0.15) is 18.9 Å². The molecule has 0 fully saturated rings. The summed E-state index contributed by atoms with van der Waals surface area (Å²) < 4.78 is 1.73. The average molecular weight is 286 g/mol. The Hall–Kier alpha value is -1.33. The fourth-order valence-corrected chi connectivity index (χ4v) is 1.85. The van der Waals surface area contributed by atoms with E-state index in [1.165, 1.54) is 0 Å². The number of benzene rings is 1. The van der Waals surface area contributed by atoms with Crippen molar-refractivity contribution in [3.63, 3.8) is 0 Å². The van der Waals surface area contributed by atoms with E-state index >= 15 is 0 Å². The van der Waals surface area contributed by atoms with Crippen LogP contribution in [0.5, 0.6) is 0 Å². The molecule has 7 heteroatoms. The van der Waals surface area contributed by atoms with Gasteiger partial charge in [0.15, 0.2) is 0 Å². The molecule has 1 aromatic heterocycles. The smallest absolute Gasteiger partial charge is 0.243 e. The lowest BCUT2D eigenvalue weighted by Gasteiger charge is -2.07. The molecule has 0 atom stereocenters. The predicted octanol–water partition coefficient (Wildman–Crippen LogP) is 3.00. The molecule has 5 nitrogen and oxygen atoms in total. The van der Waals surface area contributed by atoms with E-state index in [0.29, 0.717) is 22.5 Å². The SMILES string of the molecule is CCCn1nnnc1NCc1ccc(Cl)c(Cl)c1. The second-order valence-electron chi connectivity index (χ2n) is 3.83. The maximum atomic E-state index is 5.95. The number of aryl methyl sites for hydroxylation is 1. The quantitative estimate of drug-likeness (QED) is 0.918. The highest BCUT2D eigenvalue weighted by Gasteiger charge is 2.05. The van der Waals surface area contributed by atoms with Crippen molar-refractivity contribution < 1.29 is 0 Å². The largest absolute Gasteiger partial charge is 0.349 e. The lowest BCUT2D eigenvalue weighted by molar-refractivity contribution is 0.582. The maximum Gasteiger partial charge on any atom is 0.243 e. The molecule has 1 heterocycles. The summed E-state index contributed by atoms with van der Waals surface area (Å²) in [5.41, 5.74) is 1.02. The number of anilines is 1. The van der Waals surface area contributed by atoms with Crippen molar-refractivity contribution in [2.75, 3.05) is 5.32 Å². The lowest BCUT2D eigenvalue weighted by Crippen LogP contribution is -2.08. The van der Waals surface area contributed by atoms with E-state index in [1.807, 2.05) is 12.1 Å². The highest BCUT2D eigenvalue weighted by molar-refractivity contribution is 6.42. The molecule has 96 valence electrons. The van der Waals surface area contributed by atoms with Crippen molar-refractivity contribution in [1.29, 1.82) is 0 Å². The minimum Gasteiger partial charge on any atom is -0.349 e. The first kappa shape index (κ1) is 13.1. The number of aromatic nitrogens is 4. The van der Waals surface area contributed by atoms with Crippen LogP contribution >= 0.6 is 23.2 Å². The number of rotatable bonds is 5. The van der Waals surface area contributed by atoms with E-state index in [0.717, 1.165) is 18.5 Å². The summed E-state index contributed by atoms with van der Waals surface area (Å²) in [7, 11) is 0. The van der Waals surface area contributed by atoms with Crippen LogP contribution in [-0.2, 0) is 13.1 Å². The summed E-state index contributed by atoms with van der Waals surface area (Å²) in [5, 5.41) is 15.7. The Morgan fingerprint density at radius 2 is 2.11 bits per heavy atom. The summed E-state index contributed by atoms with van der Waals surface area (Å²) in [4.78, 5) is 0. The average Bonchev–Trinajstić information content (AvgIpc) is 2.79. The van der Waals surface area contributed by atoms with Crippen LogP contribution in [0.15, 0.2) is 18.2 Å². The molecule has 0 aliphatic carbocycles.